The van der Waals surface area contributed by atoms with Crippen LogP contribution < -0.4 is 0 Å². The van der Waals surface area contributed by atoms with Gasteiger partial charge < -0.3 is 4.90 Å². The summed E-state index contributed by atoms with van der Waals surface area (Å²) in [7, 11) is 1.84. The highest BCUT2D eigenvalue weighted by molar-refractivity contribution is 5.87. The van der Waals surface area contributed by atoms with E-state index in [1.165, 1.54) is 17.2 Å². The Morgan fingerprint density at radius 1 is 1.48 bits per heavy atom. The Morgan fingerprint density at radius 3 is 2.83 bits per heavy atom. The first kappa shape index (κ1) is 15.5. The highest BCUT2D eigenvalue weighted by atomic mass is 16.2. The number of nitrogens with zero attached hydrogens (tertiary/aromatic N) is 4. The third kappa shape index (κ3) is 2.56. The topological polar surface area (TPSA) is 51.0 Å². The van der Waals surface area contributed by atoms with E-state index in [-0.39, 0.29) is 17.4 Å². The van der Waals surface area contributed by atoms with Crippen LogP contribution in [0.25, 0.3) is 0 Å². The van der Waals surface area contributed by atoms with Crippen molar-refractivity contribution >= 4 is 5.91 Å². The number of amides is 1. The molecule has 0 bridgehead atoms. The van der Waals surface area contributed by atoms with E-state index in [9.17, 15) is 4.79 Å². The maximum atomic E-state index is 12.5. The lowest BCUT2D eigenvalue weighted by Gasteiger charge is -2.37. The van der Waals surface area contributed by atoms with Crippen LogP contribution in [0.5, 0.6) is 0 Å². The molecule has 0 N–H and O–H groups in total. The van der Waals surface area contributed by atoms with Crippen LogP contribution in [0.15, 0.2) is 43.1 Å². The second-order valence-electron chi connectivity index (χ2n) is 6.62. The normalized spacial score (nSPS) is 18.5. The number of carbonyl (C=O) groups is 1. The van der Waals surface area contributed by atoms with Gasteiger partial charge in [0.05, 0.1) is 18.4 Å². The molecule has 23 heavy (non-hydrogen) atoms. The molecule has 2 aromatic rings. The number of fused-ring (bicyclic) bond motifs is 1. The molecular formula is C18H22N4O. The fourth-order valence-corrected chi connectivity index (χ4v) is 3.56. The molecule has 1 heterocycles. The van der Waals surface area contributed by atoms with E-state index in [2.05, 4.69) is 55.0 Å². The molecule has 1 aromatic carbocycles. The number of carbonyl (C=O) groups excluding carboxylic acids is 1. The Bertz CT molecular complexity index is 747. The van der Waals surface area contributed by atoms with Gasteiger partial charge in [0.25, 0.3) is 0 Å². The lowest BCUT2D eigenvalue weighted by molar-refractivity contribution is -0.130. The molecule has 1 aromatic heterocycles. The van der Waals surface area contributed by atoms with Gasteiger partial charge in [-0.25, -0.2) is 0 Å². The minimum absolute atomic E-state index is 0.0583. The van der Waals surface area contributed by atoms with Gasteiger partial charge in [0.15, 0.2) is 0 Å². The van der Waals surface area contributed by atoms with Crippen LogP contribution in [0.2, 0.25) is 0 Å². The fraction of sp³-hybridized carbons (Fsp3) is 0.389. The second-order valence-corrected chi connectivity index (χ2v) is 6.62. The van der Waals surface area contributed by atoms with Crippen molar-refractivity contribution in [3.8, 4) is 0 Å². The number of aromatic nitrogens is 3. The molecule has 0 saturated heterocycles. The third-order valence-electron chi connectivity index (χ3n) is 4.93. The van der Waals surface area contributed by atoms with Crippen LogP contribution in [0.3, 0.4) is 0 Å². The summed E-state index contributed by atoms with van der Waals surface area (Å²) in [6.07, 6.45) is 3.95. The van der Waals surface area contributed by atoms with Crippen molar-refractivity contribution in [3.05, 3.63) is 59.9 Å². The van der Waals surface area contributed by atoms with Crippen molar-refractivity contribution in [1.29, 1.82) is 0 Å². The minimum Gasteiger partial charge on any atom is -0.329 e. The minimum atomic E-state index is -0.110. The highest BCUT2D eigenvalue weighted by Crippen LogP contribution is 2.41. The monoisotopic (exact) mass is 310 g/mol. The summed E-state index contributed by atoms with van der Waals surface area (Å²) in [5.74, 6) is -0.0583. The molecule has 5 heteroatoms. The first-order valence-electron chi connectivity index (χ1n) is 7.80. The van der Waals surface area contributed by atoms with E-state index in [4.69, 9.17) is 0 Å². The third-order valence-corrected chi connectivity index (χ3v) is 4.93. The molecule has 0 aliphatic heterocycles. The van der Waals surface area contributed by atoms with E-state index >= 15 is 0 Å². The van der Waals surface area contributed by atoms with E-state index < -0.39 is 0 Å². The molecule has 1 aliphatic carbocycles. The Balaban J connectivity index is 1.97. The second kappa shape index (κ2) is 5.65. The average molecular weight is 310 g/mol. The molecule has 0 fully saturated rings. The number of aryl methyl sites for hydroxylation is 1. The molecule has 0 saturated carbocycles. The Hall–Kier alpha value is -2.43. The summed E-state index contributed by atoms with van der Waals surface area (Å²) in [5, 5.41) is 7.87. The Labute approximate surface area is 136 Å². The summed E-state index contributed by atoms with van der Waals surface area (Å²) in [6, 6.07) is 8.52. The first-order valence-corrected chi connectivity index (χ1v) is 7.80. The van der Waals surface area contributed by atoms with Crippen LogP contribution in [0, 0.1) is 0 Å². The molecule has 1 amide bonds. The zero-order valence-corrected chi connectivity index (χ0v) is 13.9. The molecule has 1 unspecified atom stereocenters. The number of benzene rings is 1. The van der Waals surface area contributed by atoms with Crippen LogP contribution in [0.1, 0.15) is 30.7 Å². The Kier molecular flexibility index (Phi) is 3.80. The zero-order valence-electron chi connectivity index (χ0n) is 13.9. The summed E-state index contributed by atoms with van der Waals surface area (Å²) < 4.78 is 1.71. The summed E-state index contributed by atoms with van der Waals surface area (Å²) in [4.78, 5) is 14.4. The van der Waals surface area contributed by atoms with Crippen molar-refractivity contribution in [1.82, 2.24) is 19.9 Å². The van der Waals surface area contributed by atoms with E-state index in [0.29, 0.717) is 6.54 Å². The number of rotatable bonds is 4. The molecule has 0 radical (unpaired) electrons. The molecule has 1 atom stereocenters. The van der Waals surface area contributed by atoms with Crippen LogP contribution in [-0.2, 0) is 30.2 Å². The van der Waals surface area contributed by atoms with Crippen LogP contribution >= 0.6 is 0 Å². The largest absolute Gasteiger partial charge is 0.329 e. The van der Waals surface area contributed by atoms with Crippen LogP contribution in [0.4, 0.5) is 0 Å². The van der Waals surface area contributed by atoms with Gasteiger partial charge in [0, 0.05) is 18.5 Å². The van der Waals surface area contributed by atoms with E-state index in [1.807, 2.05) is 11.9 Å². The lowest BCUT2D eigenvalue weighted by Crippen LogP contribution is -2.47. The Morgan fingerprint density at radius 2 is 2.22 bits per heavy atom. The number of hydrogen-bond acceptors (Lipinski definition) is 3. The van der Waals surface area contributed by atoms with Gasteiger partial charge in [-0.15, -0.1) is 5.10 Å². The predicted molar refractivity (Wildman–Crippen MR) is 88.7 cm³/mol. The van der Waals surface area contributed by atoms with Gasteiger partial charge in [-0.2, -0.15) is 0 Å². The smallest absolute Gasteiger partial charge is 0.246 e. The molecular weight excluding hydrogens is 288 g/mol. The predicted octanol–water partition coefficient (Wildman–Crippen LogP) is 2.23. The molecule has 1 aliphatic rings. The highest BCUT2D eigenvalue weighted by Gasteiger charge is 2.43. The van der Waals surface area contributed by atoms with Gasteiger partial charge in [0.2, 0.25) is 5.91 Å². The zero-order chi connectivity index (χ0) is 16.6. The van der Waals surface area contributed by atoms with E-state index in [1.54, 1.807) is 10.9 Å². The quantitative estimate of drug-likeness (QED) is 0.814. The molecule has 5 nitrogen and oxygen atoms in total. The van der Waals surface area contributed by atoms with Crippen LogP contribution in [-0.4, -0.2) is 31.8 Å². The fourth-order valence-electron chi connectivity index (χ4n) is 3.56. The van der Waals surface area contributed by atoms with Gasteiger partial charge in [-0.3, -0.25) is 9.48 Å². The summed E-state index contributed by atoms with van der Waals surface area (Å²) in [5.41, 5.74) is 3.43. The standard InChI is InChI=1S/C18H22N4O/c1-5-17(23)22(12-14-11-19-20-21(14)4)16-10-13-8-6-7-9-15(13)18(16,2)3/h5-9,11,16H,1,10,12H2,2-4H3. The molecule has 120 valence electrons. The average Bonchev–Trinajstić information content (AvgIpc) is 3.06. The van der Waals surface area contributed by atoms with Crippen molar-refractivity contribution in [2.45, 2.75) is 38.3 Å². The molecule has 3 rings (SSSR count). The van der Waals surface area contributed by atoms with Gasteiger partial charge in [-0.1, -0.05) is 49.9 Å². The van der Waals surface area contributed by atoms with Crippen molar-refractivity contribution in [2.75, 3.05) is 0 Å². The first-order chi connectivity index (χ1) is 10.9. The maximum Gasteiger partial charge on any atom is 0.246 e. The van der Waals surface area contributed by atoms with Gasteiger partial charge >= 0.3 is 0 Å². The van der Waals surface area contributed by atoms with Gasteiger partial charge in [-0.05, 0) is 23.6 Å². The summed E-state index contributed by atoms with van der Waals surface area (Å²) >= 11 is 0. The van der Waals surface area contributed by atoms with Crippen molar-refractivity contribution in [3.63, 3.8) is 0 Å². The van der Waals surface area contributed by atoms with Crippen molar-refractivity contribution in [2.24, 2.45) is 7.05 Å². The maximum absolute atomic E-state index is 12.5. The SMILES string of the molecule is C=CC(=O)N(Cc1cnnn1C)C1Cc2ccccc2C1(C)C. The van der Waals surface area contributed by atoms with E-state index in [0.717, 1.165) is 12.1 Å². The molecule has 0 spiro atoms. The summed E-state index contributed by atoms with van der Waals surface area (Å²) in [6.45, 7) is 8.56. The lowest BCUT2D eigenvalue weighted by atomic mass is 9.82. The van der Waals surface area contributed by atoms with Crippen molar-refractivity contribution < 1.29 is 4.79 Å². The number of hydrogen-bond donors (Lipinski definition) is 0. The van der Waals surface area contributed by atoms with Gasteiger partial charge in [0.1, 0.15) is 0 Å².